The standard InChI is InChI=1S/C16H24N2O2/c17-14-6-8-15(9-7-14)20-11-10-16(19)18-12-13-4-2-1-3-5-13/h6-9,13H,1-5,10-12,17H2,(H,18,19). The summed E-state index contributed by atoms with van der Waals surface area (Å²) in [6.45, 7) is 1.22. The van der Waals surface area contributed by atoms with Gasteiger partial charge >= 0.3 is 0 Å². The number of ether oxygens (including phenoxy) is 1. The van der Waals surface area contributed by atoms with Gasteiger partial charge in [0.1, 0.15) is 5.75 Å². The second-order valence-electron chi connectivity index (χ2n) is 5.48. The van der Waals surface area contributed by atoms with E-state index in [0.717, 1.165) is 12.3 Å². The van der Waals surface area contributed by atoms with Crippen LogP contribution in [0.15, 0.2) is 24.3 Å². The number of nitrogen functional groups attached to an aromatic ring is 1. The fourth-order valence-electron chi connectivity index (χ4n) is 2.56. The van der Waals surface area contributed by atoms with Gasteiger partial charge in [0, 0.05) is 12.2 Å². The molecule has 4 heteroatoms. The van der Waals surface area contributed by atoms with Gasteiger partial charge in [0.2, 0.25) is 5.91 Å². The molecule has 1 fully saturated rings. The highest BCUT2D eigenvalue weighted by Gasteiger charge is 2.14. The van der Waals surface area contributed by atoms with Gasteiger partial charge in [0.15, 0.2) is 0 Å². The number of carbonyl (C=O) groups is 1. The Hall–Kier alpha value is -1.71. The summed E-state index contributed by atoms with van der Waals surface area (Å²) in [4.78, 5) is 11.7. The van der Waals surface area contributed by atoms with Gasteiger partial charge < -0.3 is 15.8 Å². The van der Waals surface area contributed by atoms with Crippen LogP contribution in [0.25, 0.3) is 0 Å². The molecule has 1 aliphatic carbocycles. The van der Waals surface area contributed by atoms with Gasteiger partial charge in [0.25, 0.3) is 0 Å². The van der Waals surface area contributed by atoms with Gasteiger partial charge in [-0.1, -0.05) is 19.3 Å². The molecule has 0 aromatic heterocycles. The monoisotopic (exact) mass is 276 g/mol. The van der Waals surface area contributed by atoms with Crippen LogP contribution in [0.1, 0.15) is 38.5 Å². The summed E-state index contributed by atoms with van der Waals surface area (Å²) in [5.74, 6) is 1.50. The third-order valence-electron chi connectivity index (χ3n) is 3.79. The zero-order chi connectivity index (χ0) is 14.2. The van der Waals surface area contributed by atoms with E-state index in [1.165, 1.54) is 32.1 Å². The average Bonchev–Trinajstić information content (AvgIpc) is 2.48. The van der Waals surface area contributed by atoms with Crippen molar-refractivity contribution in [3.8, 4) is 5.75 Å². The van der Waals surface area contributed by atoms with E-state index >= 15 is 0 Å². The van der Waals surface area contributed by atoms with Gasteiger partial charge in [-0.05, 0) is 43.0 Å². The molecule has 1 amide bonds. The molecule has 1 aromatic carbocycles. The zero-order valence-corrected chi connectivity index (χ0v) is 11.9. The minimum absolute atomic E-state index is 0.0750. The Balaban J connectivity index is 1.58. The molecule has 0 aliphatic heterocycles. The Kier molecular flexibility index (Phi) is 5.71. The first kappa shape index (κ1) is 14.7. The van der Waals surface area contributed by atoms with Crippen molar-refractivity contribution in [2.75, 3.05) is 18.9 Å². The molecule has 0 unspecified atom stereocenters. The van der Waals surface area contributed by atoms with Gasteiger partial charge in [-0.25, -0.2) is 0 Å². The van der Waals surface area contributed by atoms with Crippen LogP contribution in [-0.4, -0.2) is 19.1 Å². The Labute approximate surface area is 120 Å². The number of amides is 1. The summed E-state index contributed by atoms with van der Waals surface area (Å²) < 4.78 is 5.51. The first-order valence-electron chi connectivity index (χ1n) is 7.49. The highest BCUT2D eigenvalue weighted by atomic mass is 16.5. The van der Waals surface area contributed by atoms with Crippen molar-refractivity contribution in [3.05, 3.63) is 24.3 Å². The molecule has 0 bridgehead atoms. The Morgan fingerprint density at radius 3 is 2.60 bits per heavy atom. The molecule has 0 atom stereocenters. The van der Waals surface area contributed by atoms with E-state index in [0.29, 0.717) is 24.6 Å². The normalized spacial score (nSPS) is 15.8. The molecule has 0 spiro atoms. The molecule has 110 valence electrons. The van der Waals surface area contributed by atoms with E-state index in [-0.39, 0.29) is 5.91 Å². The van der Waals surface area contributed by atoms with Crippen molar-refractivity contribution in [1.82, 2.24) is 5.32 Å². The highest BCUT2D eigenvalue weighted by molar-refractivity contribution is 5.75. The van der Waals surface area contributed by atoms with Crippen molar-refractivity contribution in [2.45, 2.75) is 38.5 Å². The first-order valence-corrected chi connectivity index (χ1v) is 7.49. The average molecular weight is 276 g/mol. The Morgan fingerprint density at radius 2 is 1.90 bits per heavy atom. The molecule has 3 N–H and O–H groups in total. The quantitative estimate of drug-likeness (QED) is 0.785. The number of hydrogen-bond donors (Lipinski definition) is 2. The largest absolute Gasteiger partial charge is 0.493 e. The molecular weight excluding hydrogens is 252 g/mol. The van der Waals surface area contributed by atoms with Gasteiger partial charge in [0.05, 0.1) is 13.0 Å². The predicted octanol–water partition coefficient (Wildman–Crippen LogP) is 2.73. The van der Waals surface area contributed by atoms with Gasteiger partial charge in [-0.3, -0.25) is 4.79 Å². The molecule has 4 nitrogen and oxygen atoms in total. The number of benzene rings is 1. The van der Waals surface area contributed by atoms with E-state index < -0.39 is 0 Å². The lowest BCUT2D eigenvalue weighted by molar-refractivity contribution is -0.121. The lowest BCUT2D eigenvalue weighted by Crippen LogP contribution is -2.31. The molecule has 0 saturated heterocycles. The van der Waals surface area contributed by atoms with Crippen LogP contribution >= 0.6 is 0 Å². The maximum atomic E-state index is 11.7. The topological polar surface area (TPSA) is 64.3 Å². The summed E-state index contributed by atoms with van der Waals surface area (Å²) >= 11 is 0. The molecule has 0 heterocycles. The molecular formula is C16H24N2O2. The zero-order valence-electron chi connectivity index (χ0n) is 11.9. The number of nitrogens with two attached hydrogens (primary N) is 1. The second-order valence-corrected chi connectivity index (χ2v) is 5.48. The number of hydrogen-bond acceptors (Lipinski definition) is 3. The SMILES string of the molecule is Nc1ccc(OCCC(=O)NCC2CCCCC2)cc1. The number of nitrogens with one attached hydrogen (secondary N) is 1. The summed E-state index contributed by atoms with van der Waals surface area (Å²) in [5, 5.41) is 3.01. The number of carbonyl (C=O) groups excluding carboxylic acids is 1. The van der Waals surface area contributed by atoms with Crippen LogP contribution in [0.4, 0.5) is 5.69 Å². The molecule has 20 heavy (non-hydrogen) atoms. The van der Waals surface area contributed by atoms with Crippen LogP contribution < -0.4 is 15.8 Å². The smallest absolute Gasteiger partial charge is 0.223 e. The van der Waals surface area contributed by atoms with Crippen LogP contribution in [0.3, 0.4) is 0 Å². The lowest BCUT2D eigenvalue weighted by atomic mass is 9.89. The minimum atomic E-state index is 0.0750. The van der Waals surface area contributed by atoms with Crippen LogP contribution in [0.2, 0.25) is 0 Å². The van der Waals surface area contributed by atoms with Gasteiger partial charge in [-0.15, -0.1) is 0 Å². The van der Waals surface area contributed by atoms with Crippen LogP contribution in [0.5, 0.6) is 5.75 Å². The fraction of sp³-hybridized carbons (Fsp3) is 0.562. The third-order valence-corrected chi connectivity index (χ3v) is 3.79. The summed E-state index contributed by atoms with van der Waals surface area (Å²) in [6.07, 6.45) is 6.86. The Bertz CT molecular complexity index is 411. The lowest BCUT2D eigenvalue weighted by Gasteiger charge is -2.21. The maximum Gasteiger partial charge on any atom is 0.223 e. The Morgan fingerprint density at radius 1 is 1.20 bits per heavy atom. The van der Waals surface area contributed by atoms with Crippen molar-refractivity contribution in [1.29, 1.82) is 0 Å². The molecule has 1 saturated carbocycles. The number of rotatable bonds is 6. The summed E-state index contributed by atoms with van der Waals surface area (Å²) in [5.41, 5.74) is 6.30. The van der Waals surface area contributed by atoms with E-state index in [1.54, 1.807) is 12.1 Å². The van der Waals surface area contributed by atoms with Crippen molar-refractivity contribution >= 4 is 11.6 Å². The number of anilines is 1. The van der Waals surface area contributed by atoms with Gasteiger partial charge in [-0.2, -0.15) is 0 Å². The van der Waals surface area contributed by atoms with E-state index in [9.17, 15) is 4.79 Å². The molecule has 1 aromatic rings. The van der Waals surface area contributed by atoms with E-state index in [2.05, 4.69) is 5.32 Å². The summed E-state index contributed by atoms with van der Waals surface area (Å²) in [7, 11) is 0. The van der Waals surface area contributed by atoms with Crippen molar-refractivity contribution in [2.24, 2.45) is 5.92 Å². The minimum Gasteiger partial charge on any atom is -0.493 e. The van der Waals surface area contributed by atoms with Crippen molar-refractivity contribution in [3.63, 3.8) is 0 Å². The van der Waals surface area contributed by atoms with E-state index in [1.807, 2.05) is 12.1 Å². The van der Waals surface area contributed by atoms with E-state index in [4.69, 9.17) is 10.5 Å². The van der Waals surface area contributed by atoms with Crippen LogP contribution in [0, 0.1) is 5.92 Å². The molecule has 1 aliphatic rings. The molecule has 2 rings (SSSR count). The predicted molar refractivity (Wildman–Crippen MR) is 80.6 cm³/mol. The first-order chi connectivity index (χ1) is 9.74. The maximum absolute atomic E-state index is 11.7. The molecule has 0 radical (unpaired) electrons. The second kappa shape index (κ2) is 7.78. The van der Waals surface area contributed by atoms with Crippen molar-refractivity contribution < 1.29 is 9.53 Å². The highest BCUT2D eigenvalue weighted by Crippen LogP contribution is 2.22. The fourth-order valence-corrected chi connectivity index (χ4v) is 2.56. The van der Waals surface area contributed by atoms with Crippen LogP contribution in [-0.2, 0) is 4.79 Å². The summed E-state index contributed by atoms with van der Waals surface area (Å²) in [6, 6.07) is 7.21. The third kappa shape index (κ3) is 5.11.